The van der Waals surface area contributed by atoms with E-state index in [1.165, 1.54) is 27.0 Å². The summed E-state index contributed by atoms with van der Waals surface area (Å²) in [6.07, 6.45) is -5.63. The van der Waals surface area contributed by atoms with Crippen molar-refractivity contribution in [3.63, 3.8) is 0 Å². The Labute approximate surface area is 290 Å². The molecule has 0 saturated carbocycles. The fraction of sp³-hybridized carbons (Fsp3) is 0.457. The highest BCUT2D eigenvalue weighted by molar-refractivity contribution is 6.31. The number of esters is 1. The van der Waals surface area contributed by atoms with Crippen LogP contribution in [0.1, 0.15) is 82.3 Å². The van der Waals surface area contributed by atoms with Crippen LogP contribution < -0.4 is 5.32 Å². The van der Waals surface area contributed by atoms with Gasteiger partial charge < -0.3 is 54.9 Å². The molecule has 51 heavy (non-hydrogen) atoms. The molecule has 0 radical (unpaired) electrons. The first kappa shape index (κ1) is 36.2. The SMILES string of the molecule is CCOC(=O)c1c(C)cc2c(c1O)[C@]1(O)C(=O)c3cc4c(c(O)c3C(=O)[C@]1(OC)[C@H](O)C2)C(=O)C=C(N[C@H]1O[C@@H](C)[C@H](OC)[C@@H](O)[C@H]1CO)C4=O. The van der Waals surface area contributed by atoms with Crippen molar-refractivity contribution in [3.8, 4) is 11.5 Å². The number of phenols is 2. The Balaban J connectivity index is 1.51. The van der Waals surface area contributed by atoms with Gasteiger partial charge in [-0.05, 0) is 38.0 Å². The molecule has 8 atom stereocenters. The van der Waals surface area contributed by atoms with Crippen LogP contribution in [0.3, 0.4) is 0 Å². The number of methoxy groups -OCH3 is 2. The molecule has 0 amide bonds. The number of rotatable bonds is 7. The third kappa shape index (κ3) is 4.75. The molecule has 2 aromatic rings. The number of aryl methyl sites for hydroxylation is 1. The van der Waals surface area contributed by atoms with Gasteiger partial charge in [0.05, 0.1) is 54.3 Å². The quantitative estimate of drug-likeness (QED) is 0.183. The van der Waals surface area contributed by atoms with Crippen molar-refractivity contribution in [1.82, 2.24) is 5.32 Å². The summed E-state index contributed by atoms with van der Waals surface area (Å²) in [6, 6.07) is 2.17. The molecule has 1 fully saturated rings. The summed E-state index contributed by atoms with van der Waals surface area (Å²) in [5, 5.41) is 70.4. The molecule has 4 aliphatic rings. The number of nitrogens with one attached hydrogen (secondary N) is 1. The summed E-state index contributed by atoms with van der Waals surface area (Å²) in [7, 11) is 2.26. The predicted octanol–water partition coefficient (Wildman–Crippen LogP) is -0.266. The monoisotopic (exact) mass is 711 g/mol. The van der Waals surface area contributed by atoms with Gasteiger partial charge in [-0.15, -0.1) is 0 Å². The van der Waals surface area contributed by atoms with Crippen molar-refractivity contribution >= 4 is 29.1 Å². The maximum atomic E-state index is 14.6. The van der Waals surface area contributed by atoms with E-state index in [-0.39, 0.29) is 17.7 Å². The molecule has 7 N–H and O–H groups in total. The Morgan fingerprint density at radius 1 is 1.04 bits per heavy atom. The molecule has 16 nitrogen and oxygen atoms in total. The summed E-state index contributed by atoms with van der Waals surface area (Å²) >= 11 is 0. The van der Waals surface area contributed by atoms with Crippen LogP contribution in [0.5, 0.6) is 11.5 Å². The molecule has 272 valence electrons. The first-order valence-corrected chi connectivity index (χ1v) is 16.1. The zero-order valence-corrected chi connectivity index (χ0v) is 28.2. The van der Waals surface area contributed by atoms with Crippen LogP contribution in [-0.4, -0.2) is 123 Å². The average Bonchev–Trinajstić information content (AvgIpc) is 3.06. The zero-order valence-electron chi connectivity index (χ0n) is 28.2. The van der Waals surface area contributed by atoms with Crippen molar-refractivity contribution in [3.05, 3.63) is 68.4 Å². The number of ether oxygens (including phenoxy) is 4. The Morgan fingerprint density at radius 3 is 2.33 bits per heavy atom. The summed E-state index contributed by atoms with van der Waals surface area (Å²) in [5.74, 6) is -8.75. The van der Waals surface area contributed by atoms with Gasteiger partial charge in [0.25, 0.3) is 0 Å². The van der Waals surface area contributed by atoms with E-state index in [9.17, 15) is 54.6 Å². The van der Waals surface area contributed by atoms with Crippen LogP contribution >= 0.6 is 0 Å². The number of hydrogen-bond donors (Lipinski definition) is 7. The standard InChI is InChI=1S/C35H37NO15/c1-6-50-33(46)21-12(2)7-14-8-20(39)35(49-5)31(45)23-16(30(44)34(35,47)24(14)28(21)43)9-15-22(27(23)42)19(38)10-18(25(15)40)36-32-17(11-37)26(41)29(48-4)13(3)51-32/h7,9-10,13,17,20,26,29,32,36-37,39,41-43,47H,6,8,11H2,1-5H3/t13-,17+,20+,26-,29-,32-,34-,35+/m0/s1. The minimum absolute atomic E-state index is 0.00812. The van der Waals surface area contributed by atoms with Crippen molar-refractivity contribution in [2.75, 3.05) is 27.4 Å². The summed E-state index contributed by atoms with van der Waals surface area (Å²) in [4.78, 5) is 69.4. The molecule has 3 aliphatic carbocycles. The average molecular weight is 712 g/mol. The summed E-state index contributed by atoms with van der Waals surface area (Å²) in [5.41, 5.74) is -10.2. The molecule has 0 bridgehead atoms. The normalized spacial score (nSPS) is 31.3. The molecular formula is C35H37NO15. The lowest BCUT2D eigenvalue weighted by atomic mass is 9.56. The van der Waals surface area contributed by atoms with E-state index in [1.807, 2.05) is 0 Å². The number of carbonyl (C=O) groups excluding carboxylic acids is 5. The number of phenolic OH excluding ortho intramolecular Hbond substituents is 2. The van der Waals surface area contributed by atoms with Gasteiger partial charge >= 0.3 is 5.97 Å². The third-order valence-corrected chi connectivity index (χ3v) is 10.4. The van der Waals surface area contributed by atoms with Gasteiger partial charge in [-0.25, -0.2) is 4.79 Å². The molecule has 0 aromatic heterocycles. The first-order chi connectivity index (χ1) is 24.1. The topological polar surface area (TPSA) is 256 Å². The van der Waals surface area contributed by atoms with Gasteiger partial charge in [0.15, 0.2) is 17.0 Å². The third-order valence-electron chi connectivity index (χ3n) is 10.4. The largest absolute Gasteiger partial charge is 0.507 e. The van der Waals surface area contributed by atoms with Crippen LogP contribution in [0.4, 0.5) is 0 Å². The van der Waals surface area contributed by atoms with Crippen molar-refractivity contribution in [2.24, 2.45) is 5.92 Å². The number of fused-ring (bicyclic) bond motifs is 5. The molecule has 0 unspecified atom stereocenters. The molecule has 16 heteroatoms. The molecule has 6 rings (SSSR count). The number of hydrogen-bond acceptors (Lipinski definition) is 16. The van der Waals surface area contributed by atoms with Gasteiger partial charge in [0.1, 0.15) is 29.4 Å². The second kappa shape index (κ2) is 12.6. The van der Waals surface area contributed by atoms with Gasteiger partial charge in [-0.3, -0.25) is 19.2 Å². The summed E-state index contributed by atoms with van der Waals surface area (Å²) < 4.78 is 21.7. The molecule has 1 saturated heterocycles. The van der Waals surface area contributed by atoms with E-state index in [0.717, 1.165) is 19.3 Å². The van der Waals surface area contributed by atoms with Crippen molar-refractivity contribution < 1.29 is 73.6 Å². The smallest absolute Gasteiger partial charge is 0.342 e. The highest BCUT2D eigenvalue weighted by Gasteiger charge is 2.72. The lowest BCUT2D eigenvalue weighted by Crippen LogP contribution is -2.73. The number of aliphatic hydroxyl groups excluding tert-OH is 3. The van der Waals surface area contributed by atoms with Crippen molar-refractivity contribution in [1.29, 1.82) is 0 Å². The summed E-state index contributed by atoms with van der Waals surface area (Å²) in [6.45, 7) is 3.86. The van der Waals surface area contributed by atoms with Gasteiger partial charge in [-0.2, -0.15) is 0 Å². The van der Waals surface area contributed by atoms with E-state index < -0.39 is 140 Å². The lowest BCUT2D eigenvalue weighted by Gasteiger charge is -2.52. The van der Waals surface area contributed by atoms with Crippen LogP contribution in [0.2, 0.25) is 0 Å². The molecular weight excluding hydrogens is 674 g/mol. The Morgan fingerprint density at radius 2 is 1.73 bits per heavy atom. The van der Waals surface area contributed by atoms with Crippen LogP contribution in [-0.2, 0) is 31.0 Å². The lowest BCUT2D eigenvalue weighted by molar-refractivity contribution is -0.214. The highest BCUT2D eigenvalue weighted by atomic mass is 16.6. The number of Topliss-reactive ketones (excluding diaryl/α,β-unsaturated/α-hetero) is 3. The number of aromatic hydroxyl groups is 2. The van der Waals surface area contributed by atoms with Crippen LogP contribution in [0, 0.1) is 12.8 Å². The van der Waals surface area contributed by atoms with E-state index in [1.54, 1.807) is 6.92 Å². The first-order valence-electron chi connectivity index (χ1n) is 16.1. The molecule has 0 spiro atoms. The fourth-order valence-corrected chi connectivity index (χ4v) is 8.00. The fourth-order valence-electron chi connectivity index (χ4n) is 8.00. The Kier molecular flexibility index (Phi) is 8.95. The molecule has 1 heterocycles. The Bertz CT molecular complexity index is 1940. The van der Waals surface area contributed by atoms with E-state index in [2.05, 4.69) is 5.32 Å². The zero-order chi connectivity index (χ0) is 37.5. The minimum Gasteiger partial charge on any atom is -0.507 e. The van der Waals surface area contributed by atoms with Gasteiger partial charge in [-0.1, -0.05) is 6.07 Å². The maximum Gasteiger partial charge on any atom is 0.342 e. The Hall–Kier alpha value is -4.55. The number of allylic oxidation sites excluding steroid dienone is 2. The van der Waals surface area contributed by atoms with Crippen molar-refractivity contribution in [2.45, 2.75) is 69.0 Å². The number of benzene rings is 2. The van der Waals surface area contributed by atoms with Gasteiger partial charge in [0, 0.05) is 43.4 Å². The predicted molar refractivity (Wildman–Crippen MR) is 171 cm³/mol. The number of aliphatic hydroxyl groups is 4. The minimum atomic E-state index is -3.24. The maximum absolute atomic E-state index is 14.6. The second-order valence-corrected chi connectivity index (χ2v) is 13.0. The molecule has 2 aromatic carbocycles. The second-order valence-electron chi connectivity index (χ2n) is 13.0. The van der Waals surface area contributed by atoms with E-state index in [4.69, 9.17) is 18.9 Å². The van der Waals surface area contributed by atoms with Crippen LogP contribution in [0.25, 0.3) is 0 Å². The van der Waals surface area contributed by atoms with E-state index in [0.29, 0.717) is 0 Å². The number of ketones is 4. The van der Waals surface area contributed by atoms with Crippen LogP contribution in [0.15, 0.2) is 23.9 Å². The van der Waals surface area contributed by atoms with E-state index >= 15 is 0 Å². The highest BCUT2D eigenvalue weighted by Crippen LogP contribution is 2.56. The molecule has 1 aliphatic heterocycles. The van der Waals surface area contributed by atoms with Gasteiger partial charge in [0.2, 0.25) is 17.3 Å². The number of carbonyl (C=O) groups is 5.